The molecule has 0 unspecified atom stereocenters. The van der Waals surface area contributed by atoms with E-state index in [2.05, 4.69) is 56.8 Å². The van der Waals surface area contributed by atoms with Crippen molar-refractivity contribution in [2.75, 3.05) is 13.1 Å². The number of carbonyl (C=O) groups excluding carboxylic acids is 1. The molecule has 2 heterocycles. The third-order valence-electron chi connectivity index (χ3n) is 6.69. The molecular weight excluding hydrogens is 448 g/mol. The Morgan fingerprint density at radius 1 is 0.917 bits per heavy atom. The lowest BCUT2D eigenvalue weighted by molar-refractivity contribution is -0.121. The number of benzene rings is 3. The number of likely N-dealkylation sites (tertiary alicyclic amines) is 1. The average molecular weight is 481 g/mol. The molecule has 36 heavy (non-hydrogen) atoms. The van der Waals surface area contributed by atoms with Gasteiger partial charge in [0, 0.05) is 31.5 Å². The van der Waals surface area contributed by atoms with E-state index in [1.54, 1.807) is 0 Å². The quantitative estimate of drug-likeness (QED) is 0.340. The summed E-state index contributed by atoms with van der Waals surface area (Å²) in [6.07, 6.45) is 3.31. The summed E-state index contributed by atoms with van der Waals surface area (Å²) in [5.74, 6) is 0.904. The molecule has 0 saturated carbocycles. The van der Waals surface area contributed by atoms with Gasteiger partial charge in [-0.1, -0.05) is 66.2 Å². The fraction of sp³-hybridized carbons (Fsp3) is 0.300. The van der Waals surface area contributed by atoms with Crippen molar-refractivity contribution in [1.29, 1.82) is 0 Å². The fourth-order valence-corrected chi connectivity index (χ4v) is 4.61. The van der Waals surface area contributed by atoms with Crippen molar-refractivity contribution < 1.29 is 9.21 Å². The van der Waals surface area contributed by atoms with Gasteiger partial charge in [0.1, 0.15) is 0 Å². The molecule has 1 saturated heterocycles. The maximum absolute atomic E-state index is 12.6. The highest BCUT2D eigenvalue weighted by molar-refractivity contribution is 5.76. The van der Waals surface area contributed by atoms with E-state index >= 15 is 0 Å². The maximum atomic E-state index is 12.6. The zero-order valence-electron chi connectivity index (χ0n) is 20.7. The number of hydrogen-bond acceptors (Lipinski definition) is 5. The Bertz CT molecular complexity index is 1290. The minimum absolute atomic E-state index is 0.0409. The smallest absolute Gasteiger partial charge is 0.247 e. The molecule has 4 aromatic rings. The van der Waals surface area contributed by atoms with Gasteiger partial charge >= 0.3 is 0 Å². The van der Waals surface area contributed by atoms with Gasteiger partial charge in [-0.2, -0.15) is 0 Å². The lowest BCUT2D eigenvalue weighted by Crippen LogP contribution is -2.23. The summed E-state index contributed by atoms with van der Waals surface area (Å²) in [6.45, 7) is 5.93. The maximum Gasteiger partial charge on any atom is 0.247 e. The highest BCUT2D eigenvalue weighted by Crippen LogP contribution is 2.25. The Kier molecular flexibility index (Phi) is 7.52. The zero-order chi connectivity index (χ0) is 24.7. The summed E-state index contributed by atoms with van der Waals surface area (Å²) in [5, 5.41) is 11.3. The SMILES string of the molecule is Cc1ccc(-c2nnc(CCC(=O)NCc3ccccc3-c3ccc(CN4CCCC4)cc3)o2)cc1. The van der Waals surface area contributed by atoms with Crippen molar-refractivity contribution in [3.05, 3.63) is 95.4 Å². The number of carbonyl (C=O) groups is 1. The highest BCUT2D eigenvalue weighted by Gasteiger charge is 2.13. The minimum atomic E-state index is -0.0409. The third-order valence-corrected chi connectivity index (χ3v) is 6.69. The van der Waals surface area contributed by atoms with E-state index in [9.17, 15) is 4.79 Å². The van der Waals surface area contributed by atoms with Crippen molar-refractivity contribution in [3.63, 3.8) is 0 Å². The molecule has 6 heteroatoms. The molecule has 0 atom stereocenters. The molecule has 3 aromatic carbocycles. The molecule has 1 amide bonds. The first kappa shape index (κ1) is 23.9. The van der Waals surface area contributed by atoms with Gasteiger partial charge in [-0.25, -0.2) is 0 Å². The van der Waals surface area contributed by atoms with Crippen molar-refractivity contribution >= 4 is 5.91 Å². The lowest BCUT2D eigenvalue weighted by atomic mass is 9.98. The first-order valence-corrected chi connectivity index (χ1v) is 12.7. The Morgan fingerprint density at radius 2 is 1.64 bits per heavy atom. The van der Waals surface area contributed by atoms with E-state index in [0.717, 1.165) is 23.2 Å². The topological polar surface area (TPSA) is 71.3 Å². The first-order chi connectivity index (χ1) is 17.6. The summed E-state index contributed by atoms with van der Waals surface area (Å²) in [7, 11) is 0. The van der Waals surface area contributed by atoms with Crippen LogP contribution in [-0.2, 0) is 24.3 Å². The van der Waals surface area contributed by atoms with Crippen LogP contribution in [0.3, 0.4) is 0 Å². The molecule has 5 rings (SSSR count). The van der Waals surface area contributed by atoms with Gasteiger partial charge in [0.05, 0.1) is 0 Å². The molecule has 6 nitrogen and oxygen atoms in total. The van der Waals surface area contributed by atoms with Crippen LogP contribution in [0.15, 0.2) is 77.2 Å². The largest absolute Gasteiger partial charge is 0.421 e. The molecule has 0 spiro atoms. The molecule has 1 aliphatic heterocycles. The summed E-state index contributed by atoms with van der Waals surface area (Å²) in [5.41, 5.74) is 6.80. The standard InChI is InChI=1S/C30H32N4O2/c1-22-8-12-25(13-9-22)30-33-32-29(36-30)17-16-28(35)31-20-26-6-2-3-7-27(26)24-14-10-23(11-15-24)21-34-18-4-5-19-34/h2-3,6-15H,4-5,16-21H2,1H3,(H,31,35). The number of nitrogens with one attached hydrogen (secondary N) is 1. The van der Waals surface area contributed by atoms with Crippen molar-refractivity contribution in [2.24, 2.45) is 0 Å². The Hall–Kier alpha value is -3.77. The number of nitrogens with zero attached hydrogens (tertiary/aromatic N) is 3. The van der Waals surface area contributed by atoms with Crippen LogP contribution >= 0.6 is 0 Å². The van der Waals surface area contributed by atoms with Crippen LogP contribution in [0.25, 0.3) is 22.6 Å². The van der Waals surface area contributed by atoms with Gasteiger partial charge in [-0.05, 0) is 67.2 Å². The fourth-order valence-electron chi connectivity index (χ4n) is 4.61. The molecule has 1 fully saturated rings. The molecule has 0 radical (unpaired) electrons. The number of aromatic nitrogens is 2. The predicted molar refractivity (Wildman–Crippen MR) is 141 cm³/mol. The van der Waals surface area contributed by atoms with Crippen molar-refractivity contribution in [1.82, 2.24) is 20.4 Å². The second-order valence-electron chi connectivity index (χ2n) is 9.48. The van der Waals surface area contributed by atoms with Crippen molar-refractivity contribution in [3.8, 4) is 22.6 Å². The first-order valence-electron chi connectivity index (χ1n) is 12.7. The average Bonchev–Trinajstić information content (AvgIpc) is 3.60. The zero-order valence-corrected chi connectivity index (χ0v) is 20.7. The van der Waals surface area contributed by atoms with Gasteiger partial charge in [-0.15, -0.1) is 10.2 Å². The normalized spacial score (nSPS) is 13.7. The van der Waals surface area contributed by atoms with Gasteiger partial charge in [-0.3, -0.25) is 9.69 Å². The van der Waals surface area contributed by atoms with Gasteiger partial charge in [0.25, 0.3) is 0 Å². The number of aryl methyl sites for hydroxylation is 2. The monoisotopic (exact) mass is 480 g/mol. The van der Waals surface area contributed by atoms with E-state index in [1.165, 1.54) is 42.6 Å². The lowest BCUT2D eigenvalue weighted by Gasteiger charge is -2.15. The van der Waals surface area contributed by atoms with Crippen LogP contribution in [0.4, 0.5) is 0 Å². The van der Waals surface area contributed by atoms with Crippen LogP contribution < -0.4 is 5.32 Å². The molecule has 1 aliphatic rings. The van der Waals surface area contributed by atoms with E-state index in [1.807, 2.05) is 43.3 Å². The molecule has 184 valence electrons. The second-order valence-corrected chi connectivity index (χ2v) is 9.48. The van der Waals surface area contributed by atoms with Crippen LogP contribution in [0.5, 0.6) is 0 Å². The summed E-state index contributed by atoms with van der Waals surface area (Å²) < 4.78 is 5.75. The van der Waals surface area contributed by atoms with Gasteiger partial charge in [0.2, 0.25) is 17.7 Å². The van der Waals surface area contributed by atoms with Crippen LogP contribution in [0.1, 0.15) is 41.8 Å². The summed E-state index contributed by atoms with van der Waals surface area (Å²) >= 11 is 0. The van der Waals surface area contributed by atoms with Crippen LogP contribution in [0, 0.1) is 6.92 Å². The second kappa shape index (κ2) is 11.3. The molecule has 0 aliphatic carbocycles. The Balaban J connectivity index is 1.15. The number of hydrogen-bond donors (Lipinski definition) is 1. The van der Waals surface area contributed by atoms with E-state index < -0.39 is 0 Å². The number of amides is 1. The van der Waals surface area contributed by atoms with Crippen molar-refractivity contribution in [2.45, 2.75) is 45.7 Å². The van der Waals surface area contributed by atoms with E-state index in [4.69, 9.17) is 4.42 Å². The van der Waals surface area contributed by atoms with Gasteiger partial charge < -0.3 is 9.73 Å². The molecule has 1 aromatic heterocycles. The molecule has 0 bridgehead atoms. The Morgan fingerprint density at radius 3 is 2.42 bits per heavy atom. The third kappa shape index (κ3) is 6.07. The molecule has 1 N–H and O–H groups in total. The van der Waals surface area contributed by atoms with E-state index in [0.29, 0.717) is 31.2 Å². The highest BCUT2D eigenvalue weighted by atomic mass is 16.4. The van der Waals surface area contributed by atoms with Crippen LogP contribution in [0.2, 0.25) is 0 Å². The molecular formula is C30H32N4O2. The summed E-state index contributed by atoms with van der Waals surface area (Å²) in [4.78, 5) is 15.1. The minimum Gasteiger partial charge on any atom is -0.421 e. The summed E-state index contributed by atoms with van der Waals surface area (Å²) in [6, 6.07) is 25.0. The van der Waals surface area contributed by atoms with Gasteiger partial charge in [0.15, 0.2) is 0 Å². The van der Waals surface area contributed by atoms with Crippen LogP contribution in [-0.4, -0.2) is 34.1 Å². The number of rotatable bonds is 9. The predicted octanol–water partition coefficient (Wildman–Crippen LogP) is 5.56. The Labute approximate surface area is 212 Å². The van der Waals surface area contributed by atoms with E-state index in [-0.39, 0.29) is 5.91 Å².